The van der Waals surface area contributed by atoms with E-state index in [9.17, 15) is 23.5 Å². The quantitative estimate of drug-likeness (QED) is 0.555. The van der Waals surface area contributed by atoms with E-state index in [-0.39, 0.29) is 17.0 Å². The minimum Gasteiger partial charge on any atom is -0.477 e. The molecule has 0 radical (unpaired) electrons. The van der Waals surface area contributed by atoms with Crippen LogP contribution in [-0.2, 0) is 17.1 Å². The van der Waals surface area contributed by atoms with Crippen LogP contribution in [0.2, 0.25) is 0 Å². The Morgan fingerprint density at radius 3 is 2.71 bits per heavy atom. The first-order valence-corrected chi connectivity index (χ1v) is 10.7. The molecular weight excluding hydrogens is 428 g/mol. The second kappa shape index (κ2) is 10.0. The molecule has 2 N–H and O–H groups in total. The molecule has 1 unspecified atom stereocenters. The number of carbonyl (C=O) groups is 2. The van der Waals surface area contributed by atoms with Crippen molar-refractivity contribution in [3.05, 3.63) is 69.9 Å². The van der Waals surface area contributed by atoms with Gasteiger partial charge in [-0.3, -0.25) is 0 Å². The van der Waals surface area contributed by atoms with Gasteiger partial charge in [-0.05, 0) is 25.0 Å². The number of cyclic esters (lactones) is 1. The van der Waals surface area contributed by atoms with E-state index in [1.165, 1.54) is 52.6 Å². The minimum absolute atomic E-state index is 0.169. The molecule has 0 bridgehead atoms. The van der Waals surface area contributed by atoms with Crippen molar-refractivity contribution in [3.8, 4) is 0 Å². The monoisotopic (exact) mass is 451 g/mol. The average molecular weight is 451 g/mol. The summed E-state index contributed by atoms with van der Waals surface area (Å²) in [7, 11) is 0. The molecule has 3 rings (SSSR count). The molecule has 1 aromatic heterocycles. The standard InChI is InChI=1S/C22H23F2NO5S/c23-22(24,15-5-2-1-3-6-15)19(26)11-8-16-12-14-30-21(29)25(16)13-4-7-17-9-10-18(31-17)20(27)28/h1-3,5-6,8-11,16,19,26H,4,7,12-14H2,(H,27,28)/t16-,19?/m0/s1. The molecule has 166 valence electrons. The van der Waals surface area contributed by atoms with Crippen LogP contribution in [0, 0.1) is 0 Å². The molecule has 31 heavy (non-hydrogen) atoms. The molecule has 2 aromatic rings. The average Bonchev–Trinajstić information content (AvgIpc) is 3.23. The fourth-order valence-electron chi connectivity index (χ4n) is 3.33. The van der Waals surface area contributed by atoms with Crippen LogP contribution in [0.5, 0.6) is 0 Å². The van der Waals surface area contributed by atoms with E-state index >= 15 is 0 Å². The third kappa shape index (κ3) is 5.68. The second-order valence-electron chi connectivity index (χ2n) is 7.16. The normalized spacial score (nSPS) is 18.2. The van der Waals surface area contributed by atoms with E-state index in [4.69, 9.17) is 9.84 Å². The van der Waals surface area contributed by atoms with Crippen molar-refractivity contribution in [1.29, 1.82) is 0 Å². The van der Waals surface area contributed by atoms with Crippen LogP contribution in [-0.4, -0.2) is 52.5 Å². The van der Waals surface area contributed by atoms with Crippen molar-refractivity contribution in [1.82, 2.24) is 4.90 Å². The second-order valence-corrected chi connectivity index (χ2v) is 8.33. The molecule has 0 spiro atoms. The van der Waals surface area contributed by atoms with Gasteiger partial charge in [0, 0.05) is 23.4 Å². The Labute approximate surface area is 182 Å². The highest BCUT2D eigenvalue weighted by Gasteiger charge is 2.39. The molecule has 6 nitrogen and oxygen atoms in total. The number of carboxylic acids is 1. The largest absolute Gasteiger partial charge is 0.477 e. The predicted octanol–water partition coefficient (Wildman–Crippen LogP) is 4.30. The topological polar surface area (TPSA) is 87.1 Å². The molecule has 1 aliphatic heterocycles. The van der Waals surface area contributed by atoms with Crippen molar-refractivity contribution < 1.29 is 33.3 Å². The van der Waals surface area contributed by atoms with E-state index in [2.05, 4.69) is 0 Å². The van der Waals surface area contributed by atoms with Crippen molar-refractivity contribution in [2.24, 2.45) is 0 Å². The molecule has 1 saturated heterocycles. The first-order valence-electron chi connectivity index (χ1n) is 9.84. The Morgan fingerprint density at radius 1 is 1.29 bits per heavy atom. The van der Waals surface area contributed by atoms with Crippen LogP contribution in [0.1, 0.15) is 33.0 Å². The molecule has 2 heterocycles. The summed E-state index contributed by atoms with van der Waals surface area (Å²) < 4.78 is 34.0. The molecule has 2 atom stereocenters. The van der Waals surface area contributed by atoms with Crippen LogP contribution in [0.3, 0.4) is 0 Å². The van der Waals surface area contributed by atoms with E-state index < -0.39 is 30.1 Å². The maximum Gasteiger partial charge on any atom is 0.410 e. The van der Waals surface area contributed by atoms with Crippen LogP contribution >= 0.6 is 11.3 Å². The number of aryl methyl sites for hydroxylation is 1. The first kappa shape index (κ1) is 22.9. The SMILES string of the molecule is O=C(O)c1ccc(CCCN2C(=O)OCC[C@@H]2C=CC(O)C(F)(F)c2ccccc2)s1. The zero-order valence-corrected chi connectivity index (χ0v) is 17.4. The van der Waals surface area contributed by atoms with Crippen molar-refractivity contribution in [3.63, 3.8) is 0 Å². The van der Waals surface area contributed by atoms with E-state index in [0.717, 1.165) is 11.0 Å². The number of carboxylic acid groups (broad SMARTS) is 1. The lowest BCUT2D eigenvalue weighted by atomic mass is 10.0. The predicted molar refractivity (Wildman–Crippen MR) is 112 cm³/mol. The summed E-state index contributed by atoms with van der Waals surface area (Å²) in [5.41, 5.74) is -0.288. The molecule has 0 saturated carbocycles. The lowest BCUT2D eigenvalue weighted by molar-refractivity contribution is -0.0930. The van der Waals surface area contributed by atoms with E-state index in [0.29, 0.717) is 25.8 Å². The van der Waals surface area contributed by atoms with Gasteiger partial charge in [-0.1, -0.05) is 42.5 Å². The van der Waals surface area contributed by atoms with Crippen LogP contribution < -0.4 is 0 Å². The molecule has 1 aromatic carbocycles. The Hall–Kier alpha value is -2.78. The van der Waals surface area contributed by atoms with Gasteiger partial charge < -0.3 is 19.8 Å². The Morgan fingerprint density at radius 2 is 2.03 bits per heavy atom. The number of hydrogen-bond acceptors (Lipinski definition) is 5. The van der Waals surface area contributed by atoms with Gasteiger partial charge in [0.25, 0.3) is 0 Å². The lowest BCUT2D eigenvalue weighted by Gasteiger charge is -2.33. The summed E-state index contributed by atoms with van der Waals surface area (Å²) in [5, 5.41) is 19.1. The molecular formula is C22H23F2NO5S. The number of carbonyl (C=O) groups excluding carboxylic acids is 1. The zero-order valence-electron chi connectivity index (χ0n) is 16.6. The summed E-state index contributed by atoms with van der Waals surface area (Å²) in [6.45, 7) is 0.488. The maximum absolute atomic E-state index is 14.5. The highest BCUT2D eigenvalue weighted by atomic mass is 32.1. The Balaban J connectivity index is 1.61. The lowest BCUT2D eigenvalue weighted by Crippen LogP contribution is -2.45. The number of hydrogen-bond donors (Lipinski definition) is 2. The summed E-state index contributed by atoms with van der Waals surface area (Å²) in [5.74, 6) is -4.44. The molecule has 9 heteroatoms. The van der Waals surface area contributed by atoms with E-state index in [1.807, 2.05) is 0 Å². The van der Waals surface area contributed by atoms with Crippen LogP contribution in [0.15, 0.2) is 54.6 Å². The zero-order chi connectivity index (χ0) is 22.4. The van der Waals surface area contributed by atoms with Crippen molar-refractivity contribution in [2.75, 3.05) is 13.2 Å². The van der Waals surface area contributed by atoms with Gasteiger partial charge in [-0.15, -0.1) is 11.3 Å². The number of amides is 1. The molecule has 1 aliphatic rings. The highest BCUT2D eigenvalue weighted by Crippen LogP contribution is 2.32. The Bertz CT molecular complexity index is 931. The number of nitrogens with zero attached hydrogens (tertiary/aromatic N) is 1. The van der Waals surface area contributed by atoms with Gasteiger partial charge >= 0.3 is 18.0 Å². The summed E-state index contributed by atoms with van der Waals surface area (Å²) in [6, 6.07) is 9.88. The number of halogens is 2. The van der Waals surface area contributed by atoms with E-state index in [1.54, 1.807) is 12.1 Å². The smallest absolute Gasteiger partial charge is 0.410 e. The molecule has 1 amide bonds. The van der Waals surface area contributed by atoms with Gasteiger partial charge in [0.15, 0.2) is 0 Å². The van der Waals surface area contributed by atoms with Gasteiger partial charge in [0.1, 0.15) is 11.0 Å². The van der Waals surface area contributed by atoms with Gasteiger partial charge in [0.2, 0.25) is 0 Å². The number of aliphatic hydroxyl groups excluding tert-OH is 1. The van der Waals surface area contributed by atoms with Crippen molar-refractivity contribution >= 4 is 23.4 Å². The summed E-state index contributed by atoms with van der Waals surface area (Å²) in [6.07, 6.45) is 1.44. The first-order chi connectivity index (χ1) is 14.8. The number of benzene rings is 1. The van der Waals surface area contributed by atoms with Crippen LogP contribution in [0.25, 0.3) is 0 Å². The summed E-state index contributed by atoms with van der Waals surface area (Å²) in [4.78, 5) is 25.7. The van der Waals surface area contributed by atoms with Crippen LogP contribution in [0.4, 0.5) is 13.6 Å². The van der Waals surface area contributed by atoms with Gasteiger partial charge in [0.05, 0.1) is 12.6 Å². The maximum atomic E-state index is 14.5. The number of rotatable bonds is 9. The number of aromatic carboxylic acids is 1. The van der Waals surface area contributed by atoms with Gasteiger partial charge in [-0.25, -0.2) is 9.59 Å². The Kier molecular flexibility index (Phi) is 7.40. The molecule has 1 fully saturated rings. The third-order valence-corrected chi connectivity index (χ3v) is 6.15. The van der Waals surface area contributed by atoms with Gasteiger partial charge in [-0.2, -0.15) is 8.78 Å². The van der Waals surface area contributed by atoms with Crippen molar-refractivity contribution in [2.45, 2.75) is 37.3 Å². The number of aliphatic hydroxyl groups is 1. The summed E-state index contributed by atoms with van der Waals surface area (Å²) >= 11 is 1.18. The highest BCUT2D eigenvalue weighted by molar-refractivity contribution is 7.13. The minimum atomic E-state index is -3.46. The number of thiophene rings is 1. The molecule has 0 aliphatic carbocycles. The fraction of sp³-hybridized carbons (Fsp3) is 0.364. The number of ether oxygens (including phenoxy) is 1. The fourth-order valence-corrected chi connectivity index (χ4v) is 4.22. The third-order valence-electron chi connectivity index (χ3n) is 5.01. The number of alkyl halides is 2.